The van der Waals surface area contributed by atoms with Gasteiger partial charge in [0.15, 0.2) is 6.29 Å². The molecule has 0 amide bonds. The predicted molar refractivity (Wildman–Crippen MR) is 85.3 cm³/mol. The van der Waals surface area contributed by atoms with Crippen LogP contribution < -0.4 is 0 Å². The van der Waals surface area contributed by atoms with Crippen LogP contribution in [0.1, 0.15) is 49.3 Å². The Bertz CT molecular complexity index is 540. The fraction of sp³-hybridized carbons (Fsp3) is 0.647. The van der Waals surface area contributed by atoms with Gasteiger partial charge in [0.1, 0.15) is 0 Å². The highest BCUT2D eigenvalue weighted by Crippen LogP contribution is 2.29. The number of ether oxygens (including phenoxy) is 2. The van der Waals surface area contributed by atoms with Crippen molar-refractivity contribution in [3.63, 3.8) is 0 Å². The molecule has 2 saturated heterocycles. The molecule has 0 spiro atoms. The second kappa shape index (κ2) is 8.41. The monoisotopic (exact) mass is 336 g/mol. The van der Waals surface area contributed by atoms with E-state index in [9.17, 15) is 4.79 Å². The molecule has 2 aliphatic rings. The van der Waals surface area contributed by atoms with Crippen LogP contribution in [0.15, 0.2) is 18.3 Å². The molecule has 0 aromatic carbocycles. The van der Waals surface area contributed by atoms with Crippen LogP contribution in [-0.4, -0.2) is 47.3 Å². The summed E-state index contributed by atoms with van der Waals surface area (Å²) in [6.45, 7) is 2.44. The van der Waals surface area contributed by atoms with Gasteiger partial charge in [0.25, 0.3) is 0 Å². The number of hydrogen-bond acceptors (Lipinski definition) is 6. The average Bonchev–Trinajstić information content (AvgIpc) is 2.61. The molecule has 1 unspecified atom stereocenters. The van der Waals surface area contributed by atoms with E-state index in [2.05, 4.69) is 4.98 Å². The van der Waals surface area contributed by atoms with Gasteiger partial charge in [0.2, 0.25) is 0 Å². The van der Waals surface area contributed by atoms with E-state index in [1.54, 1.807) is 6.20 Å². The molecule has 2 fully saturated rings. The van der Waals surface area contributed by atoms with Crippen molar-refractivity contribution in [2.24, 2.45) is 0 Å². The van der Waals surface area contributed by atoms with Crippen molar-refractivity contribution in [1.29, 1.82) is 0 Å². The zero-order valence-corrected chi connectivity index (χ0v) is 13.7. The van der Waals surface area contributed by atoms with E-state index in [1.807, 2.05) is 12.1 Å². The number of carboxylic acid groups (broad SMARTS) is 1. The van der Waals surface area contributed by atoms with Gasteiger partial charge in [-0.3, -0.25) is 4.98 Å². The third-order valence-corrected chi connectivity index (χ3v) is 4.54. The van der Waals surface area contributed by atoms with Crippen molar-refractivity contribution in [3.05, 3.63) is 29.6 Å². The van der Waals surface area contributed by atoms with Crippen LogP contribution in [0.3, 0.4) is 0 Å². The van der Waals surface area contributed by atoms with Gasteiger partial charge in [0.05, 0.1) is 6.61 Å². The van der Waals surface area contributed by atoms with Crippen LogP contribution in [0.5, 0.6) is 0 Å². The molecule has 0 aliphatic carbocycles. The predicted octanol–water partition coefficient (Wildman–Crippen LogP) is 2.91. The minimum Gasteiger partial charge on any atom is -0.448 e. The first-order valence-electron chi connectivity index (χ1n) is 8.55. The Hall–Kier alpha value is -1.70. The van der Waals surface area contributed by atoms with Crippen LogP contribution >= 0.6 is 0 Å². The van der Waals surface area contributed by atoms with Gasteiger partial charge in [-0.25, -0.2) is 4.79 Å². The summed E-state index contributed by atoms with van der Waals surface area (Å²) >= 11 is 0. The third-order valence-electron chi connectivity index (χ3n) is 4.54. The molecule has 1 aromatic heterocycles. The summed E-state index contributed by atoms with van der Waals surface area (Å²) in [4.78, 5) is 19.9. The number of hydrogen-bond donors (Lipinski definition) is 1. The van der Waals surface area contributed by atoms with Gasteiger partial charge in [-0.15, -0.1) is 5.06 Å². The maximum atomic E-state index is 10.6. The number of aromatic nitrogens is 1. The fourth-order valence-electron chi connectivity index (χ4n) is 3.30. The lowest BCUT2D eigenvalue weighted by Crippen LogP contribution is -2.35. The number of carbonyl (C=O) groups is 1. The van der Waals surface area contributed by atoms with Gasteiger partial charge in [-0.2, -0.15) is 0 Å². The molecule has 24 heavy (non-hydrogen) atoms. The topological polar surface area (TPSA) is 81.1 Å². The maximum absolute atomic E-state index is 10.6. The van der Waals surface area contributed by atoms with E-state index in [0.717, 1.165) is 50.0 Å². The summed E-state index contributed by atoms with van der Waals surface area (Å²) in [7, 11) is 0. The summed E-state index contributed by atoms with van der Waals surface area (Å²) in [6.07, 6.45) is 5.26. The van der Waals surface area contributed by atoms with Crippen LogP contribution in [0.2, 0.25) is 0 Å². The first-order chi connectivity index (χ1) is 11.7. The third kappa shape index (κ3) is 4.66. The van der Waals surface area contributed by atoms with Crippen molar-refractivity contribution in [2.75, 3.05) is 19.7 Å². The SMILES string of the molecule is O=C(O)ON1CCC(c2ncccc2COC2CCCCO2)CC1. The Balaban J connectivity index is 1.57. The highest BCUT2D eigenvalue weighted by Gasteiger charge is 2.26. The minimum atomic E-state index is -1.26. The molecule has 1 atom stereocenters. The molecule has 132 valence electrons. The van der Waals surface area contributed by atoms with Crippen LogP contribution in [0.25, 0.3) is 0 Å². The lowest BCUT2D eigenvalue weighted by molar-refractivity contribution is -0.169. The van der Waals surface area contributed by atoms with E-state index >= 15 is 0 Å². The van der Waals surface area contributed by atoms with E-state index < -0.39 is 6.16 Å². The van der Waals surface area contributed by atoms with Crippen molar-refractivity contribution < 1.29 is 24.2 Å². The number of pyridine rings is 1. The summed E-state index contributed by atoms with van der Waals surface area (Å²) < 4.78 is 11.5. The second-order valence-corrected chi connectivity index (χ2v) is 6.22. The van der Waals surface area contributed by atoms with Gasteiger partial charge in [-0.1, -0.05) is 6.07 Å². The van der Waals surface area contributed by atoms with Gasteiger partial charge < -0.3 is 19.4 Å². The average molecular weight is 336 g/mol. The largest absolute Gasteiger partial charge is 0.525 e. The Labute approximate surface area is 141 Å². The van der Waals surface area contributed by atoms with Gasteiger partial charge >= 0.3 is 6.16 Å². The molecular weight excluding hydrogens is 312 g/mol. The Morgan fingerprint density at radius 3 is 2.88 bits per heavy atom. The first-order valence-corrected chi connectivity index (χ1v) is 8.55. The molecule has 1 N–H and O–H groups in total. The number of piperidine rings is 1. The second-order valence-electron chi connectivity index (χ2n) is 6.22. The van der Waals surface area contributed by atoms with Crippen molar-refractivity contribution in [2.45, 2.75) is 50.9 Å². The lowest BCUT2D eigenvalue weighted by Gasteiger charge is -2.30. The van der Waals surface area contributed by atoms with Gasteiger partial charge in [-0.05, 0) is 43.7 Å². The standard InChI is InChI=1S/C17H24N2O5/c20-17(21)24-19-9-6-13(7-10-19)16-14(4-3-8-18-16)12-23-15-5-1-2-11-22-15/h3-4,8,13,15H,1-2,5-7,9-12H2,(H,20,21). The van der Waals surface area contributed by atoms with Crippen molar-refractivity contribution in [1.82, 2.24) is 10.0 Å². The Kier molecular flexibility index (Phi) is 6.01. The molecule has 7 nitrogen and oxygen atoms in total. The van der Waals surface area contributed by atoms with E-state index in [4.69, 9.17) is 19.4 Å². The summed E-state index contributed by atoms with van der Waals surface area (Å²) in [5, 5.41) is 10.2. The Morgan fingerprint density at radius 1 is 1.33 bits per heavy atom. The molecule has 3 heterocycles. The van der Waals surface area contributed by atoms with Crippen molar-refractivity contribution >= 4 is 6.16 Å². The highest BCUT2D eigenvalue weighted by molar-refractivity contribution is 5.56. The van der Waals surface area contributed by atoms with Crippen LogP contribution in [0, 0.1) is 0 Å². The number of nitrogens with zero attached hydrogens (tertiary/aromatic N) is 2. The van der Waals surface area contributed by atoms with Crippen LogP contribution in [-0.2, 0) is 20.9 Å². The fourth-order valence-corrected chi connectivity index (χ4v) is 3.30. The molecule has 0 saturated carbocycles. The molecule has 7 heteroatoms. The van der Waals surface area contributed by atoms with Crippen molar-refractivity contribution in [3.8, 4) is 0 Å². The van der Waals surface area contributed by atoms with E-state index in [1.165, 1.54) is 5.06 Å². The first kappa shape index (κ1) is 17.1. The van der Waals surface area contributed by atoms with Crippen LogP contribution in [0.4, 0.5) is 4.79 Å². The molecule has 2 aliphatic heterocycles. The molecular formula is C17H24N2O5. The summed E-state index contributed by atoms with van der Waals surface area (Å²) in [5.41, 5.74) is 2.13. The molecule has 0 radical (unpaired) electrons. The zero-order chi connectivity index (χ0) is 16.8. The molecule has 1 aromatic rings. The van der Waals surface area contributed by atoms with E-state index in [-0.39, 0.29) is 6.29 Å². The quantitative estimate of drug-likeness (QED) is 0.885. The lowest BCUT2D eigenvalue weighted by atomic mass is 9.91. The normalized spacial score (nSPS) is 23.1. The number of rotatable bonds is 5. The molecule has 3 rings (SSSR count). The highest BCUT2D eigenvalue weighted by atomic mass is 16.8. The summed E-state index contributed by atoms with van der Waals surface area (Å²) in [6, 6.07) is 3.97. The summed E-state index contributed by atoms with van der Waals surface area (Å²) in [5.74, 6) is 0.297. The minimum absolute atomic E-state index is 0.113. The number of hydroxylamine groups is 2. The molecule has 0 bridgehead atoms. The van der Waals surface area contributed by atoms with Gasteiger partial charge in [0, 0.05) is 37.5 Å². The maximum Gasteiger partial charge on any atom is 0.525 e. The zero-order valence-electron chi connectivity index (χ0n) is 13.7. The van der Waals surface area contributed by atoms with E-state index in [0.29, 0.717) is 25.6 Å². The Morgan fingerprint density at radius 2 is 2.17 bits per heavy atom. The smallest absolute Gasteiger partial charge is 0.448 e.